The zero-order chi connectivity index (χ0) is 20.4. The Bertz CT molecular complexity index is 1090. The molecule has 3 rings (SSSR count). The summed E-state index contributed by atoms with van der Waals surface area (Å²) in [5.41, 5.74) is 9.17. The molecule has 3 aromatic carbocycles. The number of hydrogen-bond donors (Lipinski definition) is 0. The molecule has 3 aromatic rings. The van der Waals surface area contributed by atoms with Crippen molar-refractivity contribution in [3.8, 4) is 22.9 Å². The standard InChI is InChI=1S/C26H28Si2/c1-27(2,3)17-15-21(16-18-28(4,5)6)19-26-24-13-9-7-11-22(24)20-23-12-8-10-14-25(23)26/h7-14,19-20H,1-6H3. The van der Waals surface area contributed by atoms with Gasteiger partial charge in [-0.2, -0.15) is 0 Å². The van der Waals surface area contributed by atoms with Gasteiger partial charge in [-0.25, -0.2) is 0 Å². The maximum absolute atomic E-state index is 3.51. The predicted octanol–water partition coefficient (Wildman–Crippen LogP) is 7.14. The minimum Gasteiger partial charge on any atom is -0.126 e. The van der Waals surface area contributed by atoms with E-state index in [1.165, 1.54) is 27.1 Å². The van der Waals surface area contributed by atoms with Crippen molar-refractivity contribution in [1.29, 1.82) is 0 Å². The predicted molar refractivity (Wildman–Crippen MR) is 132 cm³/mol. The van der Waals surface area contributed by atoms with Crippen LogP contribution in [0.25, 0.3) is 27.6 Å². The average Bonchev–Trinajstić information content (AvgIpc) is 2.62. The van der Waals surface area contributed by atoms with Gasteiger partial charge in [0, 0.05) is 0 Å². The highest BCUT2D eigenvalue weighted by atomic mass is 28.3. The molecular formula is C26H28Si2. The maximum Gasteiger partial charge on any atom is 0.129 e. The van der Waals surface area contributed by atoms with E-state index in [0.717, 1.165) is 5.57 Å². The molecule has 0 aliphatic rings. The Labute approximate surface area is 171 Å². The summed E-state index contributed by atoms with van der Waals surface area (Å²) in [6.07, 6.45) is 2.21. The van der Waals surface area contributed by atoms with Crippen molar-refractivity contribution >= 4 is 43.8 Å². The zero-order valence-corrected chi connectivity index (χ0v) is 19.8. The van der Waals surface area contributed by atoms with Crippen LogP contribution in [0.2, 0.25) is 39.3 Å². The average molecular weight is 397 g/mol. The number of benzene rings is 3. The number of rotatable bonds is 1. The van der Waals surface area contributed by atoms with Crippen LogP contribution in [0.15, 0.2) is 60.2 Å². The van der Waals surface area contributed by atoms with E-state index < -0.39 is 16.1 Å². The second-order valence-electron chi connectivity index (χ2n) is 9.29. The van der Waals surface area contributed by atoms with Crippen LogP contribution < -0.4 is 0 Å². The molecule has 0 nitrogen and oxygen atoms in total. The molecular weight excluding hydrogens is 368 g/mol. The lowest BCUT2D eigenvalue weighted by Gasteiger charge is -2.09. The highest BCUT2D eigenvalue weighted by Crippen LogP contribution is 2.30. The van der Waals surface area contributed by atoms with E-state index in [1.807, 2.05) is 0 Å². The van der Waals surface area contributed by atoms with Gasteiger partial charge in [0.15, 0.2) is 0 Å². The Kier molecular flexibility index (Phi) is 5.66. The minimum absolute atomic E-state index is 0.936. The molecule has 0 saturated heterocycles. The molecule has 0 bridgehead atoms. The summed E-state index contributed by atoms with van der Waals surface area (Å²) < 4.78 is 0. The van der Waals surface area contributed by atoms with Crippen LogP contribution in [0.1, 0.15) is 5.56 Å². The number of hydrogen-bond acceptors (Lipinski definition) is 0. The van der Waals surface area contributed by atoms with Gasteiger partial charge in [0.05, 0.1) is 5.57 Å². The normalized spacial score (nSPS) is 11.4. The number of allylic oxidation sites excluding steroid dienone is 1. The first-order chi connectivity index (χ1) is 13.1. The summed E-state index contributed by atoms with van der Waals surface area (Å²) in [5.74, 6) is 6.86. The largest absolute Gasteiger partial charge is 0.129 e. The van der Waals surface area contributed by atoms with Crippen molar-refractivity contribution in [2.24, 2.45) is 0 Å². The van der Waals surface area contributed by atoms with Gasteiger partial charge in [0.1, 0.15) is 16.1 Å². The molecule has 0 unspecified atom stereocenters. The molecule has 28 heavy (non-hydrogen) atoms. The van der Waals surface area contributed by atoms with E-state index >= 15 is 0 Å². The van der Waals surface area contributed by atoms with Crippen LogP contribution in [0.5, 0.6) is 0 Å². The van der Waals surface area contributed by atoms with Gasteiger partial charge in [0.25, 0.3) is 0 Å². The molecule has 2 heteroatoms. The third-order valence-electron chi connectivity index (χ3n) is 4.25. The Balaban J connectivity index is 2.32. The molecule has 0 N–H and O–H groups in total. The molecule has 0 fully saturated rings. The Morgan fingerprint density at radius 1 is 0.679 bits per heavy atom. The van der Waals surface area contributed by atoms with E-state index in [-0.39, 0.29) is 0 Å². The fraction of sp³-hybridized carbons (Fsp3) is 0.231. The molecule has 0 spiro atoms. The van der Waals surface area contributed by atoms with Gasteiger partial charge in [-0.15, -0.1) is 11.1 Å². The van der Waals surface area contributed by atoms with Gasteiger partial charge in [-0.3, -0.25) is 0 Å². The topological polar surface area (TPSA) is 0 Å². The molecule has 140 valence electrons. The van der Waals surface area contributed by atoms with Crippen molar-refractivity contribution in [3.63, 3.8) is 0 Å². The van der Waals surface area contributed by atoms with E-state index in [1.54, 1.807) is 0 Å². The van der Waals surface area contributed by atoms with E-state index in [4.69, 9.17) is 0 Å². The third kappa shape index (κ3) is 5.26. The number of fused-ring (bicyclic) bond motifs is 2. The lowest BCUT2D eigenvalue weighted by Crippen LogP contribution is -2.17. The minimum atomic E-state index is -1.48. The van der Waals surface area contributed by atoms with Crippen LogP contribution in [-0.4, -0.2) is 16.1 Å². The van der Waals surface area contributed by atoms with Crippen molar-refractivity contribution in [2.45, 2.75) is 39.3 Å². The van der Waals surface area contributed by atoms with Crippen LogP contribution in [0, 0.1) is 22.9 Å². The highest BCUT2D eigenvalue weighted by Gasteiger charge is 2.10. The Morgan fingerprint density at radius 2 is 1.11 bits per heavy atom. The summed E-state index contributed by atoms with van der Waals surface area (Å²) in [4.78, 5) is 0. The smallest absolute Gasteiger partial charge is 0.126 e. The van der Waals surface area contributed by atoms with Crippen molar-refractivity contribution in [2.75, 3.05) is 0 Å². The van der Waals surface area contributed by atoms with Crippen molar-refractivity contribution < 1.29 is 0 Å². The fourth-order valence-corrected chi connectivity index (χ4v) is 3.98. The molecule has 0 atom stereocenters. The van der Waals surface area contributed by atoms with Crippen molar-refractivity contribution in [1.82, 2.24) is 0 Å². The fourth-order valence-electron chi connectivity index (χ4n) is 2.96. The quantitative estimate of drug-likeness (QED) is 0.233. The molecule has 0 aliphatic heterocycles. The first-order valence-electron chi connectivity index (χ1n) is 9.81. The van der Waals surface area contributed by atoms with E-state index in [9.17, 15) is 0 Å². The third-order valence-corrected chi connectivity index (χ3v) is 6.00. The summed E-state index contributed by atoms with van der Waals surface area (Å²) >= 11 is 0. The van der Waals surface area contributed by atoms with Gasteiger partial charge in [0.2, 0.25) is 0 Å². The Morgan fingerprint density at radius 3 is 1.54 bits per heavy atom. The molecule has 0 aliphatic carbocycles. The lowest BCUT2D eigenvalue weighted by molar-refractivity contribution is 1.73. The van der Waals surface area contributed by atoms with E-state index in [2.05, 4.69) is 123 Å². The second kappa shape index (κ2) is 7.84. The van der Waals surface area contributed by atoms with Gasteiger partial charge in [-0.1, -0.05) is 99.7 Å². The summed E-state index contributed by atoms with van der Waals surface area (Å²) in [6, 6.07) is 19.4. The van der Waals surface area contributed by atoms with Gasteiger partial charge in [-0.05, 0) is 39.3 Å². The van der Waals surface area contributed by atoms with Crippen molar-refractivity contribution in [3.05, 3.63) is 65.7 Å². The maximum atomic E-state index is 3.51. The van der Waals surface area contributed by atoms with Crippen LogP contribution in [-0.2, 0) is 0 Å². The van der Waals surface area contributed by atoms with Crippen LogP contribution in [0.3, 0.4) is 0 Å². The SMILES string of the molecule is C[Si](C)(C)C#CC(C#C[Si](C)(C)C)=Cc1c2ccccc2cc2ccccc12. The molecule has 0 radical (unpaired) electrons. The summed E-state index contributed by atoms with van der Waals surface area (Å²) in [6.45, 7) is 13.6. The molecule has 0 aromatic heterocycles. The van der Waals surface area contributed by atoms with Gasteiger partial charge < -0.3 is 0 Å². The van der Waals surface area contributed by atoms with Crippen LogP contribution in [0.4, 0.5) is 0 Å². The summed E-state index contributed by atoms with van der Waals surface area (Å²) in [5, 5.41) is 5.01. The summed E-state index contributed by atoms with van der Waals surface area (Å²) in [7, 11) is -2.96. The van der Waals surface area contributed by atoms with Crippen LogP contribution >= 0.6 is 0 Å². The second-order valence-corrected chi connectivity index (χ2v) is 18.8. The van der Waals surface area contributed by atoms with E-state index in [0.29, 0.717) is 0 Å². The Hall–Kier alpha value is -2.53. The lowest BCUT2D eigenvalue weighted by atomic mass is 9.95. The first-order valence-corrected chi connectivity index (χ1v) is 16.8. The molecule has 0 saturated carbocycles. The van der Waals surface area contributed by atoms with Gasteiger partial charge >= 0.3 is 0 Å². The molecule has 0 amide bonds. The molecule has 0 heterocycles. The highest BCUT2D eigenvalue weighted by molar-refractivity contribution is 6.84. The first kappa shape index (κ1) is 20.2. The monoisotopic (exact) mass is 396 g/mol. The zero-order valence-electron chi connectivity index (χ0n) is 17.8.